The van der Waals surface area contributed by atoms with E-state index in [1.54, 1.807) is 61.2 Å². The highest BCUT2D eigenvalue weighted by Crippen LogP contribution is 2.26. The molecule has 2 aromatic carbocycles. The molecule has 7 heteroatoms. The largest absolute Gasteiger partial charge is 0.436 e. The van der Waals surface area contributed by atoms with Crippen LogP contribution in [0.5, 0.6) is 0 Å². The van der Waals surface area contributed by atoms with E-state index in [1.807, 2.05) is 24.3 Å². The lowest BCUT2D eigenvalue weighted by Gasteiger charge is -2.06. The number of pyridine rings is 1. The number of nitrogens with one attached hydrogen (secondary N) is 1. The fraction of sp³-hybridized carbons (Fsp3) is 0. The van der Waals surface area contributed by atoms with Gasteiger partial charge in [0.15, 0.2) is 11.4 Å². The highest BCUT2D eigenvalue weighted by Gasteiger charge is 2.11. The minimum Gasteiger partial charge on any atom is -0.436 e. The van der Waals surface area contributed by atoms with Crippen LogP contribution < -0.4 is 5.32 Å². The zero-order chi connectivity index (χ0) is 20.3. The van der Waals surface area contributed by atoms with Crippen LogP contribution >= 0.6 is 0 Å². The topological polar surface area (TPSA) is 93.8 Å². The number of carbonyl (C=O) groups is 1. The van der Waals surface area contributed by atoms with Crippen LogP contribution in [0.1, 0.15) is 10.4 Å². The van der Waals surface area contributed by atoms with E-state index in [2.05, 4.69) is 25.3 Å². The van der Waals surface area contributed by atoms with Crippen molar-refractivity contribution < 1.29 is 9.21 Å². The zero-order valence-corrected chi connectivity index (χ0v) is 15.7. The summed E-state index contributed by atoms with van der Waals surface area (Å²) < 4.78 is 5.78. The molecule has 1 N–H and O–H groups in total. The minimum absolute atomic E-state index is 0.217. The summed E-state index contributed by atoms with van der Waals surface area (Å²) in [5, 5.41) is 2.89. The van der Waals surface area contributed by atoms with Crippen LogP contribution in [0.3, 0.4) is 0 Å². The van der Waals surface area contributed by atoms with Gasteiger partial charge in [-0.25, -0.2) is 15.0 Å². The van der Waals surface area contributed by atoms with E-state index in [0.29, 0.717) is 34.1 Å². The Kier molecular flexibility index (Phi) is 4.46. The van der Waals surface area contributed by atoms with E-state index in [1.165, 1.54) is 0 Å². The highest BCUT2D eigenvalue weighted by molar-refractivity contribution is 6.05. The molecule has 0 unspecified atom stereocenters. The molecule has 3 aromatic heterocycles. The number of oxazole rings is 1. The lowest BCUT2D eigenvalue weighted by atomic mass is 10.1. The summed E-state index contributed by atoms with van der Waals surface area (Å²) in [5.41, 5.74) is 4.10. The van der Waals surface area contributed by atoms with Gasteiger partial charge in [-0.05, 0) is 48.5 Å². The van der Waals surface area contributed by atoms with Crippen molar-refractivity contribution in [3.63, 3.8) is 0 Å². The van der Waals surface area contributed by atoms with Gasteiger partial charge in [-0.15, -0.1) is 0 Å². The molecule has 144 valence electrons. The van der Waals surface area contributed by atoms with Crippen molar-refractivity contribution >= 4 is 22.7 Å². The van der Waals surface area contributed by atoms with Crippen LogP contribution in [0.4, 0.5) is 5.69 Å². The van der Waals surface area contributed by atoms with Gasteiger partial charge in [0.25, 0.3) is 5.91 Å². The average molecular weight is 393 g/mol. The smallest absolute Gasteiger partial charge is 0.255 e. The molecule has 5 aromatic rings. The van der Waals surface area contributed by atoms with Crippen molar-refractivity contribution in [3.05, 3.63) is 91.0 Å². The highest BCUT2D eigenvalue weighted by atomic mass is 16.3. The average Bonchev–Trinajstić information content (AvgIpc) is 3.24. The minimum atomic E-state index is -0.217. The Balaban J connectivity index is 1.35. The third-order valence-corrected chi connectivity index (χ3v) is 4.52. The molecule has 0 aliphatic rings. The molecule has 0 fully saturated rings. The first kappa shape index (κ1) is 17.7. The lowest BCUT2D eigenvalue weighted by Crippen LogP contribution is -2.11. The van der Waals surface area contributed by atoms with Crippen molar-refractivity contribution in [1.82, 2.24) is 19.9 Å². The number of hydrogen-bond acceptors (Lipinski definition) is 6. The van der Waals surface area contributed by atoms with Gasteiger partial charge < -0.3 is 9.73 Å². The van der Waals surface area contributed by atoms with Gasteiger partial charge in [0.05, 0.1) is 5.56 Å². The molecule has 7 nitrogen and oxygen atoms in total. The van der Waals surface area contributed by atoms with Crippen molar-refractivity contribution in [2.45, 2.75) is 0 Å². The first-order valence-electron chi connectivity index (χ1n) is 9.26. The first-order chi connectivity index (χ1) is 14.8. The van der Waals surface area contributed by atoms with Crippen molar-refractivity contribution in [2.75, 3.05) is 5.32 Å². The van der Waals surface area contributed by atoms with Crippen LogP contribution in [-0.4, -0.2) is 25.8 Å². The molecule has 0 saturated heterocycles. The van der Waals surface area contributed by atoms with E-state index >= 15 is 0 Å². The van der Waals surface area contributed by atoms with E-state index in [-0.39, 0.29) is 5.91 Å². The quantitative estimate of drug-likeness (QED) is 0.480. The van der Waals surface area contributed by atoms with Crippen LogP contribution in [0.25, 0.3) is 33.9 Å². The lowest BCUT2D eigenvalue weighted by molar-refractivity contribution is 0.102. The zero-order valence-electron chi connectivity index (χ0n) is 15.7. The number of amides is 1. The Bertz CT molecular complexity index is 1320. The van der Waals surface area contributed by atoms with Gasteiger partial charge in [-0.1, -0.05) is 12.1 Å². The molecular weight excluding hydrogens is 378 g/mol. The Morgan fingerprint density at radius 1 is 0.867 bits per heavy atom. The summed E-state index contributed by atoms with van der Waals surface area (Å²) >= 11 is 0. The summed E-state index contributed by atoms with van der Waals surface area (Å²) in [4.78, 5) is 29.6. The van der Waals surface area contributed by atoms with E-state index < -0.39 is 0 Å². The van der Waals surface area contributed by atoms with Gasteiger partial charge in [-0.2, -0.15) is 0 Å². The number of rotatable bonds is 4. The maximum Gasteiger partial charge on any atom is 0.255 e. The standard InChI is InChI=1S/C23H15N5O2/c29-22(16-6-4-15(5-7-16)21-25-11-2-12-26-21)27-18-8-9-20-19(13-18)28-23(30-20)17-3-1-10-24-14-17/h1-14H,(H,27,29). The van der Waals surface area contributed by atoms with Crippen molar-refractivity contribution in [3.8, 4) is 22.8 Å². The second-order valence-corrected chi connectivity index (χ2v) is 6.55. The van der Waals surface area contributed by atoms with Crippen molar-refractivity contribution in [2.24, 2.45) is 0 Å². The molecule has 0 aliphatic carbocycles. The summed E-state index contributed by atoms with van der Waals surface area (Å²) in [7, 11) is 0. The maximum absolute atomic E-state index is 12.6. The molecule has 0 bridgehead atoms. The van der Waals surface area contributed by atoms with E-state index in [0.717, 1.165) is 11.1 Å². The number of anilines is 1. The number of hydrogen-bond donors (Lipinski definition) is 1. The summed E-state index contributed by atoms with van der Waals surface area (Å²) in [6.07, 6.45) is 6.75. The molecule has 0 spiro atoms. The van der Waals surface area contributed by atoms with Crippen LogP contribution in [0.2, 0.25) is 0 Å². The Labute approximate surface area is 171 Å². The Hall–Kier alpha value is -4.39. The Morgan fingerprint density at radius 3 is 2.47 bits per heavy atom. The third kappa shape index (κ3) is 3.51. The molecule has 5 rings (SSSR count). The van der Waals surface area contributed by atoms with Crippen molar-refractivity contribution in [1.29, 1.82) is 0 Å². The summed E-state index contributed by atoms with van der Waals surface area (Å²) in [5.74, 6) is 0.886. The fourth-order valence-corrected chi connectivity index (χ4v) is 3.04. The fourth-order valence-electron chi connectivity index (χ4n) is 3.04. The van der Waals surface area contributed by atoms with Crippen LogP contribution in [0, 0.1) is 0 Å². The summed E-state index contributed by atoms with van der Waals surface area (Å²) in [6.45, 7) is 0. The number of carbonyl (C=O) groups excluding carboxylic acids is 1. The second kappa shape index (κ2) is 7.56. The molecule has 0 radical (unpaired) electrons. The van der Waals surface area contributed by atoms with Crippen LogP contribution in [0.15, 0.2) is 89.9 Å². The molecule has 0 aliphatic heterocycles. The SMILES string of the molecule is O=C(Nc1ccc2oc(-c3cccnc3)nc2c1)c1ccc(-c2ncccn2)cc1. The molecule has 1 amide bonds. The Morgan fingerprint density at radius 2 is 1.70 bits per heavy atom. The molecule has 0 saturated carbocycles. The van der Waals surface area contributed by atoms with Gasteiger partial charge in [-0.3, -0.25) is 9.78 Å². The first-order valence-corrected chi connectivity index (χ1v) is 9.26. The monoisotopic (exact) mass is 393 g/mol. The second-order valence-electron chi connectivity index (χ2n) is 6.55. The van der Waals surface area contributed by atoms with Gasteiger partial charge in [0.1, 0.15) is 5.52 Å². The van der Waals surface area contributed by atoms with Crippen LogP contribution in [-0.2, 0) is 0 Å². The van der Waals surface area contributed by atoms with E-state index in [4.69, 9.17) is 4.42 Å². The molecule has 0 atom stereocenters. The number of fused-ring (bicyclic) bond motifs is 1. The number of benzene rings is 2. The van der Waals surface area contributed by atoms with Gasteiger partial charge in [0, 0.05) is 41.6 Å². The molecule has 3 heterocycles. The summed E-state index contributed by atoms with van der Waals surface area (Å²) in [6, 6.07) is 18.0. The van der Waals surface area contributed by atoms with Gasteiger partial charge >= 0.3 is 0 Å². The molecular formula is C23H15N5O2. The van der Waals surface area contributed by atoms with Gasteiger partial charge in [0.2, 0.25) is 5.89 Å². The predicted molar refractivity (Wildman–Crippen MR) is 113 cm³/mol. The third-order valence-electron chi connectivity index (χ3n) is 4.52. The normalized spacial score (nSPS) is 10.8. The maximum atomic E-state index is 12.6. The predicted octanol–water partition coefficient (Wildman–Crippen LogP) is 4.60. The number of nitrogens with zero attached hydrogens (tertiary/aromatic N) is 4. The van der Waals surface area contributed by atoms with E-state index in [9.17, 15) is 4.79 Å². The number of aromatic nitrogens is 4. The molecule has 30 heavy (non-hydrogen) atoms.